The molecule has 2 heterocycles. The summed E-state index contributed by atoms with van der Waals surface area (Å²) >= 11 is 0. The molecule has 2 amide bonds. The van der Waals surface area contributed by atoms with Crippen molar-refractivity contribution in [2.45, 2.75) is 11.8 Å². The lowest BCUT2D eigenvalue weighted by Crippen LogP contribution is -2.19. The Labute approximate surface area is 195 Å². The van der Waals surface area contributed by atoms with Crippen LogP contribution >= 0.6 is 0 Å². The zero-order valence-corrected chi connectivity index (χ0v) is 19.1. The number of sulfone groups is 1. The molecule has 0 bridgehead atoms. The monoisotopic (exact) mass is 476 g/mol. The van der Waals surface area contributed by atoms with E-state index in [4.69, 9.17) is 5.73 Å². The lowest BCUT2D eigenvalue weighted by molar-refractivity contribution is 0.0997. The second-order valence-corrected chi connectivity index (χ2v) is 9.50. The Morgan fingerprint density at radius 1 is 1.00 bits per heavy atom. The predicted molar refractivity (Wildman–Crippen MR) is 125 cm³/mol. The minimum atomic E-state index is -3.45. The number of aryl methyl sites for hydroxylation is 1. The molecule has 4 rings (SSSR count). The summed E-state index contributed by atoms with van der Waals surface area (Å²) in [6.07, 6.45) is 4.00. The predicted octanol–water partition coefficient (Wildman–Crippen LogP) is 2.39. The quantitative estimate of drug-likeness (QED) is 0.434. The molecule has 2 aromatic heterocycles. The zero-order chi connectivity index (χ0) is 24.5. The molecule has 0 spiro atoms. The Balaban J connectivity index is 1.61. The van der Waals surface area contributed by atoms with Crippen LogP contribution in [-0.4, -0.2) is 46.2 Å². The van der Waals surface area contributed by atoms with Crippen molar-refractivity contribution in [3.05, 3.63) is 83.9 Å². The fraction of sp³-hybridized carbons (Fsp3) is 0.0870. The molecular formula is C23H20N6O4S. The number of amides is 2. The zero-order valence-electron chi connectivity index (χ0n) is 18.3. The van der Waals surface area contributed by atoms with Crippen LogP contribution in [0, 0.1) is 6.92 Å². The maximum Gasteiger partial charge on any atom is 0.276 e. The molecule has 0 saturated heterocycles. The van der Waals surface area contributed by atoms with Crippen LogP contribution in [0.3, 0.4) is 0 Å². The van der Waals surface area contributed by atoms with Crippen molar-refractivity contribution in [2.75, 3.05) is 11.6 Å². The van der Waals surface area contributed by atoms with Gasteiger partial charge in [-0.1, -0.05) is 24.3 Å². The van der Waals surface area contributed by atoms with Crippen LogP contribution in [0.2, 0.25) is 0 Å². The highest BCUT2D eigenvalue weighted by Crippen LogP contribution is 2.26. The average Bonchev–Trinajstić information content (AvgIpc) is 3.21. The van der Waals surface area contributed by atoms with Crippen LogP contribution < -0.4 is 11.1 Å². The molecule has 3 N–H and O–H groups in total. The summed E-state index contributed by atoms with van der Waals surface area (Å²) in [6.45, 7) is 1.73. The number of hydrogen-bond acceptors (Lipinski definition) is 7. The fourth-order valence-electron chi connectivity index (χ4n) is 3.37. The molecule has 10 nitrogen and oxygen atoms in total. The number of rotatable bonds is 6. The normalized spacial score (nSPS) is 11.2. The van der Waals surface area contributed by atoms with Gasteiger partial charge in [-0.05, 0) is 37.3 Å². The first kappa shape index (κ1) is 22.8. The summed E-state index contributed by atoms with van der Waals surface area (Å²) < 4.78 is 25.5. The number of nitrogens with zero attached hydrogens (tertiary/aromatic N) is 4. The van der Waals surface area contributed by atoms with Crippen molar-refractivity contribution in [3.63, 3.8) is 0 Å². The van der Waals surface area contributed by atoms with E-state index in [1.54, 1.807) is 49.4 Å². The van der Waals surface area contributed by atoms with E-state index in [-0.39, 0.29) is 22.1 Å². The molecule has 0 unspecified atom stereocenters. The summed E-state index contributed by atoms with van der Waals surface area (Å²) in [5.74, 6) is -1.08. The van der Waals surface area contributed by atoms with E-state index in [9.17, 15) is 18.0 Å². The summed E-state index contributed by atoms with van der Waals surface area (Å²) in [7, 11) is -3.45. The van der Waals surface area contributed by atoms with Gasteiger partial charge in [0.05, 0.1) is 16.3 Å². The summed E-state index contributed by atoms with van der Waals surface area (Å²) in [5.41, 5.74) is 7.87. The molecule has 0 aliphatic heterocycles. The summed E-state index contributed by atoms with van der Waals surface area (Å²) in [6, 6.07) is 14.6. The minimum absolute atomic E-state index is 0.0295. The molecule has 2 aromatic carbocycles. The standard InChI is InChI=1S/C23H20N6O4S/c1-14-10-19(29(28-14)17-7-5-6-15(11-17)21(24)30)22(31)27-23-25-12-16(13-26-23)18-8-3-4-9-20(18)34(2,32)33/h3-13H,1-2H3,(H2,24,30)(H,25,26,27,31). The van der Waals surface area contributed by atoms with Gasteiger partial charge in [0.25, 0.3) is 5.91 Å². The minimum Gasteiger partial charge on any atom is -0.366 e. The van der Waals surface area contributed by atoms with Crippen molar-refractivity contribution in [1.82, 2.24) is 19.7 Å². The number of carbonyl (C=O) groups is 2. The summed E-state index contributed by atoms with van der Waals surface area (Å²) in [5, 5.41) is 6.95. The lowest BCUT2D eigenvalue weighted by atomic mass is 10.1. The molecule has 11 heteroatoms. The van der Waals surface area contributed by atoms with Crippen molar-refractivity contribution in [3.8, 4) is 16.8 Å². The Morgan fingerprint density at radius 2 is 1.71 bits per heavy atom. The van der Waals surface area contributed by atoms with Crippen LogP contribution in [0.4, 0.5) is 5.95 Å². The largest absolute Gasteiger partial charge is 0.366 e. The highest BCUT2D eigenvalue weighted by Gasteiger charge is 2.18. The topological polar surface area (TPSA) is 150 Å². The van der Waals surface area contributed by atoms with Gasteiger partial charge in [0.2, 0.25) is 11.9 Å². The van der Waals surface area contributed by atoms with E-state index in [2.05, 4.69) is 20.4 Å². The highest BCUT2D eigenvalue weighted by molar-refractivity contribution is 7.90. The van der Waals surface area contributed by atoms with Crippen LogP contribution in [0.5, 0.6) is 0 Å². The van der Waals surface area contributed by atoms with Crippen molar-refractivity contribution in [2.24, 2.45) is 5.73 Å². The first-order valence-electron chi connectivity index (χ1n) is 10.0. The number of hydrogen-bond donors (Lipinski definition) is 2. The van der Waals surface area contributed by atoms with Crippen LogP contribution in [0.1, 0.15) is 26.5 Å². The third-order valence-electron chi connectivity index (χ3n) is 4.91. The SMILES string of the molecule is Cc1cc(C(=O)Nc2ncc(-c3ccccc3S(C)(=O)=O)cn2)n(-c2cccc(C(N)=O)c2)n1. The molecule has 0 aliphatic rings. The molecule has 34 heavy (non-hydrogen) atoms. The van der Waals surface area contributed by atoms with Gasteiger partial charge in [0, 0.05) is 35.3 Å². The Hall–Kier alpha value is -4.38. The van der Waals surface area contributed by atoms with Gasteiger partial charge in [0.15, 0.2) is 9.84 Å². The fourth-order valence-corrected chi connectivity index (χ4v) is 4.29. The number of nitrogens with one attached hydrogen (secondary N) is 1. The van der Waals surface area contributed by atoms with Crippen molar-refractivity contribution >= 4 is 27.6 Å². The van der Waals surface area contributed by atoms with Crippen molar-refractivity contribution in [1.29, 1.82) is 0 Å². The van der Waals surface area contributed by atoms with Crippen LogP contribution in [0.25, 0.3) is 16.8 Å². The van der Waals surface area contributed by atoms with E-state index < -0.39 is 21.7 Å². The molecule has 0 atom stereocenters. The number of carbonyl (C=O) groups excluding carboxylic acids is 2. The van der Waals surface area contributed by atoms with Gasteiger partial charge in [-0.2, -0.15) is 5.10 Å². The second kappa shape index (κ2) is 8.87. The maximum atomic E-state index is 13.0. The second-order valence-electron chi connectivity index (χ2n) is 7.52. The van der Waals surface area contributed by atoms with Crippen LogP contribution in [-0.2, 0) is 9.84 Å². The first-order valence-corrected chi connectivity index (χ1v) is 11.9. The van der Waals surface area contributed by atoms with Gasteiger partial charge in [-0.15, -0.1) is 0 Å². The van der Waals surface area contributed by atoms with Crippen molar-refractivity contribution < 1.29 is 18.0 Å². The lowest BCUT2D eigenvalue weighted by Gasteiger charge is -2.10. The van der Waals surface area contributed by atoms with Gasteiger partial charge in [0.1, 0.15) is 5.69 Å². The van der Waals surface area contributed by atoms with Crippen LogP contribution in [0.15, 0.2) is 71.9 Å². The number of nitrogens with two attached hydrogens (primary N) is 1. The average molecular weight is 477 g/mol. The van der Waals surface area contributed by atoms with E-state index in [1.165, 1.54) is 29.2 Å². The smallest absolute Gasteiger partial charge is 0.276 e. The Kier molecular flexibility index (Phi) is 5.95. The number of primary amides is 1. The molecule has 0 aliphatic carbocycles. The third-order valence-corrected chi connectivity index (χ3v) is 6.07. The van der Waals surface area contributed by atoms with Gasteiger partial charge in [-0.25, -0.2) is 23.1 Å². The van der Waals surface area contributed by atoms with E-state index in [1.807, 2.05) is 0 Å². The van der Waals surface area contributed by atoms with E-state index >= 15 is 0 Å². The first-order chi connectivity index (χ1) is 16.1. The molecule has 172 valence electrons. The molecule has 0 saturated carbocycles. The van der Waals surface area contributed by atoms with Gasteiger partial charge < -0.3 is 5.73 Å². The van der Waals surface area contributed by atoms with E-state index in [0.29, 0.717) is 22.5 Å². The Bertz CT molecular complexity index is 1510. The third kappa shape index (κ3) is 4.69. The van der Waals surface area contributed by atoms with E-state index in [0.717, 1.165) is 6.26 Å². The van der Waals surface area contributed by atoms with Gasteiger partial charge in [-0.3, -0.25) is 14.9 Å². The molecule has 0 fully saturated rings. The maximum absolute atomic E-state index is 13.0. The molecule has 4 aromatic rings. The number of benzene rings is 2. The Morgan fingerprint density at radius 3 is 2.38 bits per heavy atom. The van der Waals surface area contributed by atoms with Gasteiger partial charge >= 0.3 is 0 Å². The molecular weight excluding hydrogens is 456 g/mol. The summed E-state index contributed by atoms with van der Waals surface area (Å²) in [4.78, 5) is 33.0. The highest BCUT2D eigenvalue weighted by atomic mass is 32.2. The molecule has 0 radical (unpaired) electrons. The number of aromatic nitrogens is 4. The number of anilines is 1.